The van der Waals surface area contributed by atoms with Crippen LogP contribution in [0.5, 0.6) is 0 Å². The van der Waals surface area contributed by atoms with E-state index in [9.17, 15) is 30.8 Å². The molecule has 2 aliphatic rings. The number of nitrogens with zero attached hydrogens (tertiary/aromatic N) is 5. The first-order valence-electron chi connectivity index (χ1n) is 13.5. The van der Waals surface area contributed by atoms with E-state index >= 15 is 0 Å². The zero-order valence-corrected chi connectivity index (χ0v) is 24.7. The predicted molar refractivity (Wildman–Crippen MR) is 152 cm³/mol. The highest BCUT2D eigenvalue weighted by Crippen LogP contribution is 2.36. The number of rotatable bonds is 7. The van der Waals surface area contributed by atoms with Gasteiger partial charge in [0.05, 0.1) is 40.9 Å². The number of aromatic nitrogens is 3. The normalized spacial score (nSPS) is 20.6. The van der Waals surface area contributed by atoms with Gasteiger partial charge in [-0.15, -0.1) is 11.3 Å². The van der Waals surface area contributed by atoms with E-state index in [1.807, 2.05) is 16.4 Å². The number of hydrogen-bond donors (Lipinski definition) is 1. The zero-order valence-electron chi connectivity index (χ0n) is 23.1. The third-order valence-corrected chi connectivity index (χ3v) is 11.1. The topological polar surface area (TPSA) is 110 Å². The summed E-state index contributed by atoms with van der Waals surface area (Å²) in [5, 5.41) is 3.24. The first kappa shape index (κ1) is 30.2. The van der Waals surface area contributed by atoms with Crippen LogP contribution < -0.4 is 5.32 Å². The lowest BCUT2D eigenvalue weighted by Crippen LogP contribution is -2.61. The third kappa shape index (κ3) is 5.81. The number of sulfonamides is 1. The molecule has 6 rings (SSSR count). The van der Waals surface area contributed by atoms with Gasteiger partial charge in [0.2, 0.25) is 0 Å². The van der Waals surface area contributed by atoms with Crippen LogP contribution >= 0.6 is 11.3 Å². The van der Waals surface area contributed by atoms with E-state index in [0.29, 0.717) is 16.9 Å². The summed E-state index contributed by atoms with van der Waals surface area (Å²) < 4.78 is 87.9. The molecule has 5 heterocycles. The van der Waals surface area contributed by atoms with Crippen LogP contribution in [-0.4, -0.2) is 70.4 Å². The second-order valence-electron chi connectivity index (χ2n) is 10.4. The maximum Gasteiger partial charge on any atom is 0.417 e. The number of morpholine rings is 1. The molecule has 1 N–H and O–H groups in total. The van der Waals surface area contributed by atoms with E-state index < -0.39 is 39.8 Å². The number of imidazole rings is 1. The third-order valence-electron chi connectivity index (χ3n) is 7.73. The smallest absolute Gasteiger partial charge is 0.417 e. The van der Waals surface area contributed by atoms with Gasteiger partial charge < -0.3 is 14.6 Å². The van der Waals surface area contributed by atoms with Crippen LogP contribution in [0, 0.1) is 5.82 Å². The number of halogens is 4. The van der Waals surface area contributed by atoms with Crippen molar-refractivity contribution in [3.8, 4) is 0 Å². The predicted octanol–water partition coefficient (Wildman–Crippen LogP) is 4.82. The van der Waals surface area contributed by atoms with Crippen molar-refractivity contribution in [2.45, 2.75) is 35.4 Å². The highest BCUT2D eigenvalue weighted by atomic mass is 32.2. The minimum atomic E-state index is -4.51. The van der Waals surface area contributed by atoms with Gasteiger partial charge in [0.15, 0.2) is 6.04 Å². The van der Waals surface area contributed by atoms with Crippen molar-refractivity contribution < 1.29 is 35.5 Å². The Labute approximate surface area is 254 Å². The van der Waals surface area contributed by atoms with Crippen molar-refractivity contribution in [1.82, 2.24) is 23.7 Å². The van der Waals surface area contributed by atoms with Gasteiger partial charge in [-0.25, -0.2) is 27.6 Å². The minimum Gasteiger partial charge on any atom is -0.463 e. The van der Waals surface area contributed by atoms with Gasteiger partial charge in [0.25, 0.3) is 10.0 Å². The minimum absolute atomic E-state index is 0.0137. The Morgan fingerprint density at radius 3 is 2.55 bits per heavy atom. The van der Waals surface area contributed by atoms with Crippen molar-refractivity contribution in [3.63, 3.8) is 0 Å². The first-order valence-corrected chi connectivity index (χ1v) is 15.8. The molecule has 2 fully saturated rings. The van der Waals surface area contributed by atoms with E-state index in [0.717, 1.165) is 23.0 Å². The van der Waals surface area contributed by atoms with Crippen LogP contribution in [0.1, 0.15) is 35.8 Å². The Kier molecular flexibility index (Phi) is 7.94. The molecule has 2 aliphatic heterocycles. The average molecular weight is 651 g/mol. The number of thiophene rings is 1. The molecule has 0 saturated carbocycles. The number of carbonyl (C=O) groups excluding carboxylic acids is 1. The average Bonchev–Trinajstić information content (AvgIpc) is 3.67. The number of fused-ring (bicyclic) bond motifs is 1. The number of nitrogens with one attached hydrogen (secondary N) is 1. The van der Waals surface area contributed by atoms with E-state index in [1.54, 1.807) is 24.7 Å². The Balaban J connectivity index is 1.17. The lowest BCUT2D eigenvalue weighted by molar-refractivity contribution is -0.166. The molecular weight excluding hydrogens is 624 g/mol. The monoisotopic (exact) mass is 650 g/mol. The number of alkyl halides is 3. The van der Waals surface area contributed by atoms with E-state index in [1.165, 1.54) is 34.6 Å². The van der Waals surface area contributed by atoms with Crippen molar-refractivity contribution in [3.05, 3.63) is 89.9 Å². The van der Waals surface area contributed by atoms with Gasteiger partial charge in [-0.05, 0) is 48.9 Å². The molecule has 2 saturated heterocycles. The number of carbonyl (C=O) groups is 1. The molecule has 0 amide bonds. The van der Waals surface area contributed by atoms with Crippen molar-refractivity contribution >= 4 is 38.1 Å². The largest absolute Gasteiger partial charge is 0.463 e. The van der Waals surface area contributed by atoms with Gasteiger partial charge in [0.1, 0.15) is 22.5 Å². The molecular formula is C28H26F4N6O4S2. The molecule has 44 heavy (non-hydrogen) atoms. The lowest BCUT2D eigenvalue weighted by atomic mass is 10.0. The SMILES string of the molecule is C[C@H](c1ccc(F)cc1)n1cncc1C1C(=O)OCC2CN(S(=O)(=O)c3ccc(Nc4ccc(C(F)(F)F)cn4)s3)CCN21. The zero-order chi connectivity index (χ0) is 31.2. The Bertz CT molecular complexity index is 1760. The molecule has 0 bridgehead atoms. The molecule has 232 valence electrons. The van der Waals surface area contributed by atoms with Crippen LogP contribution in [0.4, 0.5) is 28.4 Å². The molecule has 1 aromatic carbocycles. The Hall–Kier alpha value is -3.86. The number of ether oxygens (including phenoxy) is 1. The molecule has 2 unspecified atom stereocenters. The number of cyclic esters (lactones) is 1. The number of benzene rings is 1. The summed E-state index contributed by atoms with van der Waals surface area (Å²) in [5.74, 6) is -0.679. The highest BCUT2D eigenvalue weighted by Gasteiger charge is 2.46. The number of esters is 1. The van der Waals surface area contributed by atoms with E-state index in [2.05, 4.69) is 15.3 Å². The fourth-order valence-electron chi connectivity index (χ4n) is 5.40. The summed E-state index contributed by atoms with van der Waals surface area (Å²) in [7, 11) is -3.93. The lowest BCUT2D eigenvalue weighted by Gasteiger charge is -2.46. The second-order valence-corrected chi connectivity index (χ2v) is 13.7. The molecule has 0 radical (unpaired) electrons. The van der Waals surface area contributed by atoms with Crippen LogP contribution in [-0.2, 0) is 25.7 Å². The van der Waals surface area contributed by atoms with Crippen LogP contribution in [0.25, 0.3) is 0 Å². The number of pyridine rings is 1. The van der Waals surface area contributed by atoms with Gasteiger partial charge in [0, 0.05) is 25.8 Å². The maximum absolute atomic E-state index is 13.6. The fourth-order valence-corrected chi connectivity index (χ4v) is 8.23. The number of hydrogen-bond acceptors (Lipinski definition) is 9. The van der Waals surface area contributed by atoms with Gasteiger partial charge >= 0.3 is 12.1 Å². The first-order chi connectivity index (χ1) is 20.9. The van der Waals surface area contributed by atoms with E-state index in [-0.39, 0.29) is 48.1 Å². The molecule has 10 nitrogen and oxygen atoms in total. The fraction of sp³-hybridized carbons (Fsp3) is 0.321. The number of piperazine rings is 1. The summed E-state index contributed by atoms with van der Waals surface area (Å²) >= 11 is 0.933. The van der Waals surface area contributed by atoms with Gasteiger partial charge in [-0.1, -0.05) is 12.1 Å². The summed E-state index contributed by atoms with van der Waals surface area (Å²) in [6.07, 6.45) is -0.625. The summed E-state index contributed by atoms with van der Waals surface area (Å²) in [5.41, 5.74) is 0.513. The Morgan fingerprint density at radius 1 is 1.07 bits per heavy atom. The van der Waals surface area contributed by atoms with Crippen LogP contribution in [0.15, 0.2) is 71.5 Å². The van der Waals surface area contributed by atoms with Crippen molar-refractivity contribution in [1.29, 1.82) is 0 Å². The molecule has 4 aromatic rings. The Morgan fingerprint density at radius 2 is 1.84 bits per heavy atom. The quantitative estimate of drug-likeness (QED) is 0.224. The van der Waals surface area contributed by atoms with Gasteiger partial charge in [-0.2, -0.15) is 17.5 Å². The molecule has 3 aromatic heterocycles. The van der Waals surface area contributed by atoms with E-state index in [4.69, 9.17) is 4.74 Å². The van der Waals surface area contributed by atoms with Crippen molar-refractivity contribution in [2.75, 3.05) is 31.6 Å². The summed E-state index contributed by atoms with van der Waals surface area (Å²) in [4.78, 5) is 23.0. The maximum atomic E-state index is 13.6. The number of anilines is 2. The molecule has 0 spiro atoms. The van der Waals surface area contributed by atoms with Gasteiger partial charge in [-0.3, -0.25) is 4.90 Å². The van der Waals surface area contributed by atoms with Crippen molar-refractivity contribution in [2.24, 2.45) is 0 Å². The highest BCUT2D eigenvalue weighted by molar-refractivity contribution is 7.91. The second kappa shape index (κ2) is 11.6. The molecule has 3 atom stereocenters. The molecule has 16 heteroatoms. The summed E-state index contributed by atoms with van der Waals surface area (Å²) in [6.45, 7) is 2.37. The van der Waals surface area contributed by atoms with Crippen LogP contribution in [0.2, 0.25) is 0 Å². The van der Waals surface area contributed by atoms with Crippen LogP contribution in [0.3, 0.4) is 0 Å². The standard InChI is InChI=1S/C28H26F4N6O4S2/c1-17(18-2-5-20(29)6-3-18)38-16-33-13-22(38)26-27(39)42-15-21-14-36(10-11-37(21)26)44(40,41)25-9-8-24(43-25)35-23-7-4-19(12-34-23)28(30,31)32/h2-9,12-13,16-17,21,26H,10-11,14-15H2,1H3,(H,34,35)/t17-,21?,26?/m1/s1. The molecule has 0 aliphatic carbocycles. The summed E-state index contributed by atoms with van der Waals surface area (Å²) in [6, 6.07) is 9.59.